The van der Waals surface area contributed by atoms with Crippen LogP contribution in [0.3, 0.4) is 0 Å². The van der Waals surface area contributed by atoms with Gasteiger partial charge in [0.25, 0.3) is 5.91 Å². The molecule has 0 aromatic heterocycles. The lowest BCUT2D eigenvalue weighted by Crippen LogP contribution is -2.46. The van der Waals surface area contributed by atoms with Crippen molar-refractivity contribution in [3.63, 3.8) is 0 Å². The molecule has 1 aromatic rings. The van der Waals surface area contributed by atoms with Gasteiger partial charge in [0, 0.05) is 13.0 Å². The topological polar surface area (TPSA) is 111 Å². The molecule has 1 atom stereocenters. The third kappa shape index (κ3) is 7.94. The summed E-state index contributed by atoms with van der Waals surface area (Å²) in [5.74, 6) is -1.06. The molecule has 0 unspecified atom stereocenters. The SMILES string of the molecule is NC(=O)N[C@@H](Cc1ccccc1)C(=O)OCC(=O)NCCC1=CCCCC1. The number of rotatable bonds is 9. The number of esters is 1. The highest BCUT2D eigenvalue weighted by Gasteiger charge is 2.22. The van der Waals surface area contributed by atoms with E-state index in [1.165, 1.54) is 18.4 Å². The molecule has 1 aliphatic carbocycles. The second-order valence-corrected chi connectivity index (χ2v) is 6.57. The number of ether oxygens (including phenoxy) is 1. The van der Waals surface area contributed by atoms with Gasteiger partial charge >= 0.3 is 12.0 Å². The van der Waals surface area contributed by atoms with Gasteiger partial charge in [-0.15, -0.1) is 0 Å². The second kappa shape index (κ2) is 11.0. The number of primary amides is 1. The zero-order valence-electron chi connectivity index (χ0n) is 15.4. The number of hydrogen-bond donors (Lipinski definition) is 3. The Labute approximate surface area is 159 Å². The van der Waals surface area contributed by atoms with E-state index in [1.807, 2.05) is 30.3 Å². The molecule has 0 saturated heterocycles. The Morgan fingerprint density at radius 1 is 1.15 bits per heavy atom. The molecule has 0 saturated carbocycles. The zero-order valence-corrected chi connectivity index (χ0v) is 15.4. The fraction of sp³-hybridized carbons (Fsp3) is 0.450. The van der Waals surface area contributed by atoms with E-state index >= 15 is 0 Å². The third-order valence-corrected chi connectivity index (χ3v) is 4.38. The molecule has 0 radical (unpaired) electrons. The van der Waals surface area contributed by atoms with E-state index in [4.69, 9.17) is 10.5 Å². The first-order valence-corrected chi connectivity index (χ1v) is 9.25. The van der Waals surface area contributed by atoms with Crippen LogP contribution in [0.1, 0.15) is 37.7 Å². The van der Waals surface area contributed by atoms with E-state index < -0.39 is 18.0 Å². The third-order valence-electron chi connectivity index (χ3n) is 4.38. The van der Waals surface area contributed by atoms with Crippen molar-refractivity contribution in [2.45, 2.75) is 44.6 Å². The van der Waals surface area contributed by atoms with Gasteiger partial charge < -0.3 is 21.1 Å². The molecule has 0 aliphatic heterocycles. The minimum Gasteiger partial charge on any atom is -0.454 e. The van der Waals surface area contributed by atoms with Gasteiger partial charge in [-0.3, -0.25) is 4.79 Å². The number of amides is 3. The van der Waals surface area contributed by atoms with E-state index in [9.17, 15) is 14.4 Å². The van der Waals surface area contributed by atoms with E-state index in [0.717, 1.165) is 24.8 Å². The van der Waals surface area contributed by atoms with Gasteiger partial charge in [-0.2, -0.15) is 0 Å². The quantitative estimate of drug-likeness (QED) is 0.453. The summed E-state index contributed by atoms with van der Waals surface area (Å²) >= 11 is 0. The highest BCUT2D eigenvalue weighted by atomic mass is 16.5. The van der Waals surface area contributed by atoms with Crippen molar-refractivity contribution < 1.29 is 19.1 Å². The molecule has 4 N–H and O–H groups in total. The number of urea groups is 1. The Morgan fingerprint density at radius 2 is 1.93 bits per heavy atom. The molecule has 0 spiro atoms. The van der Waals surface area contributed by atoms with E-state index in [-0.39, 0.29) is 18.9 Å². The summed E-state index contributed by atoms with van der Waals surface area (Å²) < 4.78 is 5.05. The molecular formula is C20H27N3O4. The van der Waals surface area contributed by atoms with Crippen molar-refractivity contribution in [3.05, 3.63) is 47.5 Å². The predicted octanol–water partition coefficient (Wildman–Crippen LogP) is 1.82. The standard InChI is InChI=1S/C20H27N3O4/c21-20(26)23-17(13-16-9-5-2-6-10-16)19(25)27-14-18(24)22-12-11-15-7-3-1-4-8-15/h2,5-7,9-10,17H,1,3-4,8,11-14H2,(H,22,24)(H3,21,23,26)/t17-/m0/s1. The van der Waals surface area contributed by atoms with Crippen LogP contribution in [0.25, 0.3) is 0 Å². The van der Waals surface area contributed by atoms with Crippen LogP contribution in [-0.4, -0.2) is 37.1 Å². The minimum absolute atomic E-state index is 0.235. The smallest absolute Gasteiger partial charge is 0.329 e. The molecule has 146 valence electrons. The van der Waals surface area contributed by atoms with Crippen LogP contribution in [0.15, 0.2) is 42.0 Å². The van der Waals surface area contributed by atoms with Gasteiger partial charge in [-0.1, -0.05) is 42.0 Å². The number of carbonyl (C=O) groups excluding carboxylic acids is 3. The molecule has 0 heterocycles. The molecular weight excluding hydrogens is 346 g/mol. The molecule has 2 rings (SSSR count). The van der Waals surface area contributed by atoms with Gasteiger partial charge in [0.1, 0.15) is 6.04 Å². The predicted molar refractivity (Wildman–Crippen MR) is 102 cm³/mol. The first kappa shape index (κ1) is 20.5. The lowest BCUT2D eigenvalue weighted by molar-refractivity contribution is -0.150. The lowest BCUT2D eigenvalue weighted by Gasteiger charge is -2.17. The summed E-state index contributed by atoms with van der Waals surface area (Å²) in [5, 5.41) is 5.11. The number of carbonyl (C=O) groups is 3. The van der Waals surface area contributed by atoms with E-state index in [2.05, 4.69) is 16.7 Å². The normalized spacial score (nSPS) is 14.6. The van der Waals surface area contributed by atoms with Crippen LogP contribution in [0.2, 0.25) is 0 Å². The lowest BCUT2D eigenvalue weighted by atomic mass is 9.97. The Kier molecular flexibility index (Phi) is 8.35. The van der Waals surface area contributed by atoms with E-state index in [1.54, 1.807) is 0 Å². The summed E-state index contributed by atoms with van der Waals surface area (Å²) in [4.78, 5) is 35.3. The van der Waals surface area contributed by atoms with Gasteiger partial charge in [-0.05, 0) is 37.7 Å². The van der Waals surface area contributed by atoms with E-state index in [0.29, 0.717) is 6.54 Å². The second-order valence-electron chi connectivity index (χ2n) is 6.57. The molecule has 0 bridgehead atoms. The van der Waals surface area contributed by atoms with Crippen LogP contribution < -0.4 is 16.4 Å². The Hall–Kier alpha value is -2.83. The van der Waals surface area contributed by atoms with Crippen molar-refractivity contribution in [1.82, 2.24) is 10.6 Å². The maximum Gasteiger partial charge on any atom is 0.329 e. The van der Waals surface area contributed by atoms with Crippen molar-refractivity contribution in [2.24, 2.45) is 5.73 Å². The molecule has 1 aromatic carbocycles. The fourth-order valence-corrected chi connectivity index (χ4v) is 3.00. The number of nitrogens with one attached hydrogen (secondary N) is 2. The number of allylic oxidation sites excluding steroid dienone is 1. The van der Waals surface area contributed by atoms with Gasteiger partial charge in [0.2, 0.25) is 0 Å². The van der Waals surface area contributed by atoms with Crippen LogP contribution >= 0.6 is 0 Å². The molecule has 1 aliphatic rings. The number of benzene rings is 1. The Balaban J connectivity index is 1.75. The minimum atomic E-state index is -0.940. The monoisotopic (exact) mass is 373 g/mol. The first-order chi connectivity index (χ1) is 13.0. The molecule has 3 amide bonds. The van der Waals surface area contributed by atoms with Crippen molar-refractivity contribution in [1.29, 1.82) is 0 Å². The highest BCUT2D eigenvalue weighted by molar-refractivity contribution is 5.85. The summed E-state index contributed by atoms with van der Waals surface area (Å²) in [6, 6.07) is 7.41. The van der Waals surface area contributed by atoms with Gasteiger partial charge in [-0.25, -0.2) is 9.59 Å². The molecule has 7 nitrogen and oxygen atoms in total. The number of hydrogen-bond acceptors (Lipinski definition) is 4. The van der Waals surface area contributed by atoms with Crippen LogP contribution in [0.4, 0.5) is 4.79 Å². The summed E-state index contributed by atoms with van der Waals surface area (Å²) in [6.07, 6.45) is 7.92. The maximum atomic E-state index is 12.2. The van der Waals surface area contributed by atoms with Gasteiger partial charge in [0.05, 0.1) is 0 Å². The van der Waals surface area contributed by atoms with Crippen LogP contribution in [0, 0.1) is 0 Å². The fourth-order valence-electron chi connectivity index (χ4n) is 3.00. The summed E-state index contributed by atoms with van der Waals surface area (Å²) in [7, 11) is 0. The highest BCUT2D eigenvalue weighted by Crippen LogP contribution is 2.19. The van der Waals surface area contributed by atoms with Crippen LogP contribution in [0.5, 0.6) is 0 Å². The van der Waals surface area contributed by atoms with Crippen molar-refractivity contribution >= 4 is 17.9 Å². The molecule has 7 heteroatoms. The average molecular weight is 373 g/mol. The Morgan fingerprint density at radius 3 is 2.59 bits per heavy atom. The van der Waals surface area contributed by atoms with Crippen molar-refractivity contribution in [2.75, 3.05) is 13.2 Å². The summed E-state index contributed by atoms with van der Waals surface area (Å²) in [6.45, 7) is 0.138. The molecule has 27 heavy (non-hydrogen) atoms. The number of nitrogens with two attached hydrogens (primary N) is 1. The maximum absolute atomic E-state index is 12.2. The first-order valence-electron chi connectivity index (χ1n) is 9.25. The Bertz CT molecular complexity index is 673. The molecule has 0 fully saturated rings. The average Bonchev–Trinajstić information content (AvgIpc) is 2.67. The summed E-state index contributed by atoms with van der Waals surface area (Å²) in [5.41, 5.74) is 7.35. The van der Waals surface area contributed by atoms with Crippen molar-refractivity contribution in [3.8, 4) is 0 Å². The largest absolute Gasteiger partial charge is 0.454 e. The van der Waals surface area contributed by atoms with Gasteiger partial charge in [0.15, 0.2) is 6.61 Å². The van der Waals surface area contributed by atoms with Crippen LogP contribution in [-0.2, 0) is 20.7 Å². The zero-order chi connectivity index (χ0) is 19.5.